The van der Waals surface area contributed by atoms with Crippen LogP contribution in [0.15, 0.2) is 48.8 Å². The number of fused-ring (bicyclic) bond motifs is 1. The molecule has 0 aliphatic rings. The van der Waals surface area contributed by atoms with Crippen LogP contribution in [0.25, 0.3) is 22.2 Å². The highest BCUT2D eigenvalue weighted by atomic mass is 19.4. The van der Waals surface area contributed by atoms with Crippen LogP contribution in [0.3, 0.4) is 0 Å². The summed E-state index contributed by atoms with van der Waals surface area (Å²) >= 11 is 0. The van der Waals surface area contributed by atoms with Gasteiger partial charge in [0.2, 0.25) is 5.95 Å². The Morgan fingerprint density at radius 1 is 0.972 bits per heavy atom. The molecule has 0 fully saturated rings. The van der Waals surface area contributed by atoms with Crippen molar-refractivity contribution in [3.05, 3.63) is 71.3 Å². The number of hydrogen-bond donors (Lipinski definition) is 2. The number of pyridine rings is 2. The van der Waals surface area contributed by atoms with Crippen molar-refractivity contribution in [1.82, 2.24) is 19.9 Å². The number of aromatic nitrogens is 4. The maximum absolute atomic E-state index is 12.9. The van der Waals surface area contributed by atoms with E-state index in [1.165, 1.54) is 6.07 Å². The van der Waals surface area contributed by atoms with Crippen LogP contribution in [0.5, 0.6) is 0 Å². The first-order chi connectivity index (χ1) is 17.2. The summed E-state index contributed by atoms with van der Waals surface area (Å²) < 4.78 is 38.8. The van der Waals surface area contributed by atoms with Gasteiger partial charge in [-0.25, -0.2) is 9.97 Å². The number of aryl methyl sites for hydroxylation is 2. The number of halogens is 3. The first-order valence-electron chi connectivity index (χ1n) is 11.5. The lowest BCUT2D eigenvalue weighted by atomic mass is 9.98. The van der Waals surface area contributed by atoms with Gasteiger partial charge in [-0.15, -0.1) is 0 Å². The smallest absolute Gasteiger partial charge is 0.354 e. The van der Waals surface area contributed by atoms with Crippen LogP contribution < -0.4 is 10.6 Å². The van der Waals surface area contributed by atoms with Gasteiger partial charge in [0.05, 0.1) is 0 Å². The second-order valence-corrected chi connectivity index (χ2v) is 7.67. The molecule has 188 valence electrons. The molecule has 0 atom stereocenters. The lowest BCUT2D eigenvalue weighted by Gasteiger charge is -2.14. The van der Waals surface area contributed by atoms with Gasteiger partial charge in [-0.3, -0.25) is 9.78 Å². The quantitative estimate of drug-likeness (QED) is 0.331. The first kappa shape index (κ1) is 26.5. The third kappa shape index (κ3) is 5.94. The number of nitrogens with zero attached hydrogens (tertiary/aromatic N) is 4. The number of rotatable bonds is 5. The van der Waals surface area contributed by atoms with Gasteiger partial charge in [0.25, 0.3) is 5.91 Å². The van der Waals surface area contributed by atoms with Gasteiger partial charge in [-0.2, -0.15) is 18.2 Å². The minimum Gasteiger partial charge on any atom is -0.354 e. The molecule has 0 aliphatic heterocycles. The number of amides is 1. The van der Waals surface area contributed by atoms with Crippen molar-refractivity contribution >= 4 is 28.6 Å². The third-order valence-electron chi connectivity index (χ3n) is 5.19. The Morgan fingerprint density at radius 2 is 1.72 bits per heavy atom. The van der Waals surface area contributed by atoms with Crippen LogP contribution in [-0.2, 0) is 6.18 Å². The van der Waals surface area contributed by atoms with Crippen molar-refractivity contribution < 1.29 is 18.0 Å². The molecule has 3 aromatic heterocycles. The fraction of sp³-hybridized carbons (Fsp3) is 0.269. The molecule has 0 saturated carbocycles. The SMILES string of the molecule is CC.CCNc1ncc2cc(-c3cc(NC(=O)c4ccnc(C(F)(F)F)c4)ccc3C)c(C)nc2n1. The van der Waals surface area contributed by atoms with E-state index in [0.29, 0.717) is 23.8 Å². The van der Waals surface area contributed by atoms with Crippen molar-refractivity contribution in [2.45, 2.75) is 40.8 Å². The average molecular weight is 497 g/mol. The molecule has 4 aromatic rings. The number of carbonyl (C=O) groups excluding carboxylic acids is 1. The molecule has 0 saturated heterocycles. The van der Waals surface area contributed by atoms with Gasteiger partial charge >= 0.3 is 6.18 Å². The Hall–Kier alpha value is -4.08. The van der Waals surface area contributed by atoms with Crippen LogP contribution in [0.1, 0.15) is 48.1 Å². The van der Waals surface area contributed by atoms with Crippen LogP contribution in [0.2, 0.25) is 0 Å². The summed E-state index contributed by atoms with van der Waals surface area (Å²) in [7, 11) is 0. The highest BCUT2D eigenvalue weighted by molar-refractivity contribution is 6.04. The topological polar surface area (TPSA) is 92.7 Å². The van der Waals surface area contributed by atoms with E-state index < -0.39 is 17.8 Å². The Balaban J connectivity index is 0.00000176. The van der Waals surface area contributed by atoms with Gasteiger partial charge < -0.3 is 10.6 Å². The van der Waals surface area contributed by atoms with Crippen molar-refractivity contribution in [2.24, 2.45) is 0 Å². The zero-order chi connectivity index (χ0) is 26.5. The van der Waals surface area contributed by atoms with E-state index in [0.717, 1.165) is 40.0 Å². The molecule has 0 bridgehead atoms. The third-order valence-corrected chi connectivity index (χ3v) is 5.19. The van der Waals surface area contributed by atoms with E-state index in [-0.39, 0.29) is 5.56 Å². The fourth-order valence-corrected chi connectivity index (χ4v) is 3.49. The predicted molar refractivity (Wildman–Crippen MR) is 135 cm³/mol. The largest absolute Gasteiger partial charge is 0.433 e. The number of hydrogen-bond acceptors (Lipinski definition) is 6. The van der Waals surface area contributed by atoms with E-state index in [1.54, 1.807) is 18.3 Å². The lowest BCUT2D eigenvalue weighted by molar-refractivity contribution is -0.141. The zero-order valence-electron chi connectivity index (χ0n) is 20.7. The van der Waals surface area contributed by atoms with Crippen molar-refractivity contribution in [1.29, 1.82) is 0 Å². The molecular formula is C26H27F3N6O. The number of nitrogens with one attached hydrogen (secondary N) is 2. The number of alkyl halides is 3. The molecule has 10 heteroatoms. The number of benzene rings is 1. The second kappa shape index (κ2) is 11.1. The lowest BCUT2D eigenvalue weighted by Crippen LogP contribution is -2.15. The summed E-state index contributed by atoms with van der Waals surface area (Å²) in [5.74, 6) is -0.166. The van der Waals surface area contributed by atoms with Crippen LogP contribution >= 0.6 is 0 Å². The van der Waals surface area contributed by atoms with Gasteiger partial charge in [0, 0.05) is 46.8 Å². The summed E-state index contributed by atoms with van der Waals surface area (Å²) in [5, 5.41) is 6.48. The maximum atomic E-state index is 12.9. The summed E-state index contributed by atoms with van der Waals surface area (Å²) in [5.41, 5.74) is 3.08. The molecule has 0 radical (unpaired) electrons. The van der Waals surface area contributed by atoms with Gasteiger partial charge in [-0.05, 0) is 62.2 Å². The van der Waals surface area contributed by atoms with Crippen molar-refractivity contribution in [2.75, 3.05) is 17.2 Å². The summed E-state index contributed by atoms with van der Waals surface area (Å²) in [6.45, 7) is 10.4. The standard InChI is InChI=1S/C24H21F3N6O.C2H6/c1-4-28-23-30-12-16-9-19(14(3)31-21(16)33-23)18-11-17(6-5-13(18)2)32-22(34)15-7-8-29-20(10-15)24(25,26)27;1-2/h5-12H,4H2,1-3H3,(H,32,34)(H,28,30,31,33);1-2H3. The Kier molecular flexibility index (Phi) is 8.18. The van der Waals surface area contributed by atoms with Gasteiger partial charge in [-0.1, -0.05) is 19.9 Å². The molecule has 0 unspecified atom stereocenters. The molecule has 1 amide bonds. The summed E-state index contributed by atoms with van der Waals surface area (Å²) in [6.07, 6.45) is -1.98. The monoisotopic (exact) mass is 496 g/mol. The predicted octanol–water partition coefficient (Wildman–Crippen LogP) is 6.43. The normalized spacial score (nSPS) is 11.0. The van der Waals surface area contributed by atoms with Gasteiger partial charge in [0.1, 0.15) is 5.69 Å². The highest BCUT2D eigenvalue weighted by Gasteiger charge is 2.33. The van der Waals surface area contributed by atoms with E-state index in [2.05, 4.69) is 30.6 Å². The average Bonchev–Trinajstić information content (AvgIpc) is 2.86. The Morgan fingerprint density at radius 3 is 2.42 bits per heavy atom. The second-order valence-electron chi connectivity index (χ2n) is 7.67. The molecule has 4 rings (SSSR count). The van der Waals surface area contributed by atoms with Crippen LogP contribution in [-0.4, -0.2) is 32.4 Å². The zero-order valence-corrected chi connectivity index (χ0v) is 20.7. The summed E-state index contributed by atoms with van der Waals surface area (Å²) in [6, 6.07) is 9.18. The molecule has 0 spiro atoms. The van der Waals surface area contributed by atoms with Crippen molar-refractivity contribution in [3.63, 3.8) is 0 Å². The molecule has 36 heavy (non-hydrogen) atoms. The van der Waals surface area contributed by atoms with E-state index in [1.807, 2.05) is 46.8 Å². The minimum atomic E-state index is -4.63. The molecule has 7 nitrogen and oxygen atoms in total. The number of carbonyl (C=O) groups is 1. The van der Waals surface area contributed by atoms with Crippen LogP contribution in [0.4, 0.5) is 24.8 Å². The fourth-order valence-electron chi connectivity index (χ4n) is 3.49. The van der Waals surface area contributed by atoms with Crippen molar-refractivity contribution in [3.8, 4) is 11.1 Å². The molecule has 3 heterocycles. The Bertz CT molecular complexity index is 1390. The summed E-state index contributed by atoms with van der Waals surface area (Å²) in [4.78, 5) is 29.2. The molecule has 2 N–H and O–H groups in total. The Labute approximate surface area is 207 Å². The van der Waals surface area contributed by atoms with E-state index in [9.17, 15) is 18.0 Å². The van der Waals surface area contributed by atoms with Gasteiger partial charge in [0.15, 0.2) is 5.65 Å². The molecule has 1 aromatic carbocycles. The van der Waals surface area contributed by atoms with E-state index in [4.69, 9.17) is 0 Å². The van der Waals surface area contributed by atoms with Crippen LogP contribution in [0, 0.1) is 13.8 Å². The minimum absolute atomic E-state index is 0.137. The number of anilines is 2. The van der Waals surface area contributed by atoms with E-state index >= 15 is 0 Å². The first-order valence-corrected chi connectivity index (χ1v) is 11.5. The molecule has 0 aliphatic carbocycles. The highest BCUT2D eigenvalue weighted by Crippen LogP contribution is 2.31. The molecular weight excluding hydrogens is 469 g/mol. The maximum Gasteiger partial charge on any atom is 0.433 e.